The van der Waals surface area contributed by atoms with Gasteiger partial charge < -0.3 is 5.32 Å². The van der Waals surface area contributed by atoms with Gasteiger partial charge in [0.25, 0.3) is 0 Å². The van der Waals surface area contributed by atoms with E-state index in [9.17, 15) is 8.42 Å². The highest BCUT2D eigenvalue weighted by Gasteiger charge is 2.20. The molecular weight excluding hydrogens is 284 g/mol. The third kappa shape index (κ3) is 3.95. The molecular formula is C13H17ClN2O2S. The molecule has 0 atom stereocenters. The first-order chi connectivity index (χ1) is 8.93. The molecule has 0 aromatic heterocycles. The molecule has 0 saturated carbocycles. The van der Waals surface area contributed by atoms with Gasteiger partial charge in [-0.15, -0.1) is 6.42 Å². The molecule has 1 rings (SSSR count). The number of rotatable bonds is 6. The highest BCUT2D eigenvalue weighted by Crippen LogP contribution is 2.22. The fraction of sp³-hybridized carbons (Fsp3) is 0.385. The summed E-state index contributed by atoms with van der Waals surface area (Å²) in [6.45, 7) is 3.44. The van der Waals surface area contributed by atoms with Crippen LogP contribution in [0.5, 0.6) is 0 Å². The highest BCUT2D eigenvalue weighted by molar-refractivity contribution is 7.89. The first-order valence-corrected chi connectivity index (χ1v) is 7.64. The molecule has 1 aromatic carbocycles. The molecule has 6 heteroatoms. The Morgan fingerprint density at radius 2 is 2.16 bits per heavy atom. The van der Waals surface area contributed by atoms with Crippen molar-refractivity contribution in [2.24, 2.45) is 0 Å². The summed E-state index contributed by atoms with van der Waals surface area (Å²) in [5.74, 6) is 2.30. The molecule has 0 aliphatic heterocycles. The van der Waals surface area contributed by atoms with Gasteiger partial charge in [0.1, 0.15) is 0 Å². The van der Waals surface area contributed by atoms with Crippen molar-refractivity contribution in [2.45, 2.75) is 18.4 Å². The van der Waals surface area contributed by atoms with E-state index in [-0.39, 0.29) is 11.4 Å². The number of hydrogen-bond donors (Lipinski definition) is 1. The van der Waals surface area contributed by atoms with Crippen LogP contribution in [-0.4, -0.2) is 32.9 Å². The van der Waals surface area contributed by atoms with Crippen LogP contribution in [0.25, 0.3) is 0 Å². The van der Waals surface area contributed by atoms with Gasteiger partial charge in [0.05, 0.1) is 11.4 Å². The van der Waals surface area contributed by atoms with Crippen molar-refractivity contribution in [1.82, 2.24) is 9.62 Å². The van der Waals surface area contributed by atoms with Crippen LogP contribution in [0.4, 0.5) is 0 Å². The Bertz CT molecular complexity index is 579. The van der Waals surface area contributed by atoms with Gasteiger partial charge >= 0.3 is 0 Å². The summed E-state index contributed by atoms with van der Waals surface area (Å²) in [7, 11) is -2.13. The van der Waals surface area contributed by atoms with Crippen molar-refractivity contribution in [3.63, 3.8) is 0 Å². The maximum atomic E-state index is 12.2. The van der Waals surface area contributed by atoms with E-state index in [1.165, 1.54) is 13.1 Å². The van der Waals surface area contributed by atoms with Gasteiger partial charge in [0.2, 0.25) is 10.0 Å². The smallest absolute Gasteiger partial charge is 0.243 e. The summed E-state index contributed by atoms with van der Waals surface area (Å²) < 4.78 is 25.4. The normalized spacial score (nSPS) is 11.5. The number of terminal acetylenes is 1. The third-order valence-corrected chi connectivity index (χ3v) is 4.76. The molecule has 0 aliphatic rings. The van der Waals surface area contributed by atoms with E-state index in [0.29, 0.717) is 11.6 Å². The Morgan fingerprint density at radius 1 is 1.47 bits per heavy atom. The molecule has 104 valence electrons. The first-order valence-electron chi connectivity index (χ1n) is 5.82. The van der Waals surface area contributed by atoms with E-state index in [2.05, 4.69) is 11.2 Å². The van der Waals surface area contributed by atoms with Crippen molar-refractivity contribution >= 4 is 21.6 Å². The minimum Gasteiger partial charge on any atom is -0.313 e. The minimum absolute atomic E-state index is 0.0269. The number of benzene rings is 1. The van der Waals surface area contributed by atoms with E-state index >= 15 is 0 Å². The molecule has 0 unspecified atom stereocenters. The lowest BCUT2D eigenvalue weighted by Gasteiger charge is -2.15. The van der Waals surface area contributed by atoms with Gasteiger partial charge in [0.15, 0.2) is 0 Å². The van der Waals surface area contributed by atoms with Gasteiger partial charge in [-0.25, -0.2) is 8.42 Å². The van der Waals surface area contributed by atoms with Crippen molar-refractivity contribution in [1.29, 1.82) is 0 Å². The van der Waals surface area contributed by atoms with Gasteiger partial charge in [-0.2, -0.15) is 4.31 Å². The Labute approximate surface area is 119 Å². The van der Waals surface area contributed by atoms with Gasteiger partial charge in [-0.05, 0) is 24.2 Å². The topological polar surface area (TPSA) is 49.4 Å². The second kappa shape index (κ2) is 6.92. The molecule has 1 aromatic rings. The molecule has 19 heavy (non-hydrogen) atoms. The number of halogens is 1. The fourth-order valence-corrected chi connectivity index (χ4v) is 2.91. The molecule has 0 saturated heterocycles. The molecule has 0 radical (unpaired) electrons. The lowest BCUT2D eigenvalue weighted by molar-refractivity contribution is 0.503. The monoisotopic (exact) mass is 300 g/mol. The maximum Gasteiger partial charge on any atom is 0.243 e. The van der Waals surface area contributed by atoms with Gasteiger partial charge in [-0.1, -0.05) is 30.5 Å². The zero-order valence-electron chi connectivity index (χ0n) is 11.0. The molecule has 0 bridgehead atoms. The second-order valence-electron chi connectivity index (χ2n) is 4.00. The predicted octanol–water partition coefficient (Wildman–Crippen LogP) is 1.70. The highest BCUT2D eigenvalue weighted by atomic mass is 35.5. The van der Waals surface area contributed by atoms with Crippen molar-refractivity contribution in [3.8, 4) is 12.3 Å². The summed E-state index contributed by atoms with van der Waals surface area (Å²) in [6.07, 6.45) is 5.12. The van der Waals surface area contributed by atoms with Crippen LogP contribution in [0.2, 0.25) is 5.02 Å². The van der Waals surface area contributed by atoms with E-state index in [1.54, 1.807) is 12.1 Å². The Balaban J connectivity index is 3.04. The average Bonchev–Trinajstić information content (AvgIpc) is 2.37. The second-order valence-corrected chi connectivity index (χ2v) is 6.45. The van der Waals surface area contributed by atoms with E-state index in [0.717, 1.165) is 16.4 Å². The fourth-order valence-electron chi connectivity index (χ4n) is 1.49. The molecule has 0 aliphatic carbocycles. The predicted molar refractivity (Wildman–Crippen MR) is 77.5 cm³/mol. The largest absolute Gasteiger partial charge is 0.313 e. The molecule has 4 nitrogen and oxygen atoms in total. The zero-order valence-corrected chi connectivity index (χ0v) is 12.6. The van der Waals surface area contributed by atoms with Crippen LogP contribution in [0.1, 0.15) is 12.5 Å². The van der Waals surface area contributed by atoms with E-state index in [1.807, 2.05) is 6.92 Å². The molecule has 1 N–H and O–H groups in total. The molecule has 0 fully saturated rings. The zero-order chi connectivity index (χ0) is 14.5. The van der Waals surface area contributed by atoms with Crippen molar-refractivity contribution in [3.05, 3.63) is 28.8 Å². The summed E-state index contributed by atoms with van der Waals surface area (Å²) in [4.78, 5) is 0.149. The van der Waals surface area contributed by atoms with Crippen molar-refractivity contribution < 1.29 is 8.42 Å². The average molecular weight is 301 g/mol. The van der Waals surface area contributed by atoms with Crippen LogP contribution in [0.3, 0.4) is 0 Å². The van der Waals surface area contributed by atoms with Crippen molar-refractivity contribution in [2.75, 3.05) is 20.1 Å². The summed E-state index contributed by atoms with van der Waals surface area (Å²) in [5, 5.41) is 3.56. The van der Waals surface area contributed by atoms with Crippen LogP contribution in [-0.2, 0) is 16.6 Å². The molecule has 0 amide bonds. The van der Waals surface area contributed by atoms with Crippen LogP contribution in [0, 0.1) is 12.3 Å². The molecule has 0 heterocycles. The molecule has 0 spiro atoms. The maximum absolute atomic E-state index is 12.2. The van der Waals surface area contributed by atoms with E-state index < -0.39 is 10.0 Å². The summed E-state index contributed by atoms with van der Waals surface area (Å²) in [6, 6.07) is 4.71. The number of sulfonamides is 1. The van der Waals surface area contributed by atoms with Crippen LogP contribution < -0.4 is 5.32 Å². The third-order valence-electron chi connectivity index (χ3n) is 2.61. The number of nitrogens with zero attached hydrogens (tertiary/aromatic N) is 1. The summed E-state index contributed by atoms with van der Waals surface area (Å²) in [5.41, 5.74) is 0.863. The Kier molecular flexibility index (Phi) is 5.83. The minimum atomic E-state index is -3.57. The first kappa shape index (κ1) is 16.0. The van der Waals surface area contributed by atoms with E-state index in [4.69, 9.17) is 18.0 Å². The van der Waals surface area contributed by atoms with Crippen LogP contribution >= 0.6 is 11.6 Å². The van der Waals surface area contributed by atoms with Gasteiger partial charge in [0, 0.05) is 18.6 Å². The standard InChI is InChI=1S/C13H17ClN2O2S/c1-4-8-16(3)19(17,18)12-7-6-11(10-15-5-2)13(14)9-12/h1,6-7,9,15H,5,8,10H2,2-3H3. The van der Waals surface area contributed by atoms with Gasteiger partial charge in [-0.3, -0.25) is 0 Å². The Morgan fingerprint density at radius 3 is 2.68 bits per heavy atom. The number of nitrogens with one attached hydrogen (secondary N) is 1. The lowest BCUT2D eigenvalue weighted by Crippen LogP contribution is -2.27. The SMILES string of the molecule is C#CCN(C)S(=O)(=O)c1ccc(CNCC)c(Cl)c1. The quantitative estimate of drug-likeness (QED) is 0.814. The Hall–Kier alpha value is -1.06. The number of hydrogen-bond acceptors (Lipinski definition) is 3. The van der Waals surface area contributed by atoms with Crippen LogP contribution in [0.15, 0.2) is 23.1 Å². The summed E-state index contributed by atoms with van der Waals surface area (Å²) >= 11 is 6.09. The lowest BCUT2D eigenvalue weighted by atomic mass is 10.2.